The minimum absolute atomic E-state index is 0.0521. The van der Waals surface area contributed by atoms with Gasteiger partial charge in [-0.05, 0) is 39.8 Å². The maximum atomic E-state index is 5.56. The van der Waals surface area contributed by atoms with Crippen LogP contribution in [0.15, 0.2) is 0 Å². The Morgan fingerprint density at radius 3 is 1.92 bits per heavy atom. The van der Waals surface area contributed by atoms with E-state index >= 15 is 0 Å². The van der Waals surface area contributed by atoms with Crippen molar-refractivity contribution in [3.63, 3.8) is 0 Å². The fraction of sp³-hybridized carbons (Fsp3) is 1.00. The fourth-order valence-corrected chi connectivity index (χ4v) is 1.63. The molecular weight excluding hydrogens is 178 g/mol. The lowest BCUT2D eigenvalue weighted by molar-refractivity contribution is 0.0681. The summed E-state index contributed by atoms with van der Waals surface area (Å²) >= 11 is 0. The van der Waals surface area contributed by atoms with Crippen LogP contribution in [-0.4, -0.2) is 40.6 Å². The molecule has 80 valence electrons. The molecule has 0 radical (unpaired) electrons. The van der Waals surface area contributed by atoms with Gasteiger partial charge in [-0.3, -0.25) is 0 Å². The first-order valence-corrected chi connectivity index (χ1v) is 6.15. The van der Waals surface area contributed by atoms with Crippen LogP contribution in [0.3, 0.4) is 0 Å². The Labute approximate surface area is 86.2 Å². The molecule has 0 aromatic rings. The second kappa shape index (κ2) is 6.57. The van der Waals surface area contributed by atoms with E-state index in [0.717, 1.165) is 17.0 Å². The molecule has 0 N–H and O–H groups in total. The van der Waals surface area contributed by atoms with Gasteiger partial charge in [0.15, 0.2) is 0 Å². The summed E-state index contributed by atoms with van der Waals surface area (Å²) in [6.45, 7) is 12.3. The van der Waals surface area contributed by atoms with Crippen molar-refractivity contribution in [1.29, 1.82) is 0 Å². The van der Waals surface area contributed by atoms with Crippen LogP contribution in [0, 0.1) is 0 Å². The zero-order valence-electron chi connectivity index (χ0n) is 9.89. The molecule has 0 aromatic heterocycles. The van der Waals surface area contributed by atoms with E-state index in [1.165, 1.54) is 25.9 Å². The third-order valence-corrected chi connectivity index (χ3v) is 3.34. The Morgan fingerprint density at radius 2 is 1.62 bits per heavy atom. The minimum atomic E-state index is 0.0521. The van der Waals surface area contributed by atoms with E-state index in [-0.39, 0.29) is 5.60 Å². The molecule has 3 heteroatoms. The molecule has 0 bridgehead atoms. The highest BCUT2D eigenvalue weighted by Crippen LogP contribution is 2.10. The monoisotopic (exact) mass is 203 g/mol. The molecule has 0 unspecified atom stereocenters. The van der Waals surface area contributed by atoms with Crippen LogP contribution < -0.4 is 0 Å². The van der Waals surface area contributed by atoms with E-state index in [2.05, 4.69) is 32.6 Å². The lowest BCUT2D eigenvalue weighted by Crippen LogP contribution is -2.41. The number of nitrogens with zero attached hydrogens (tertiary/aromatic N) is 1. The van der Waals surface area contributed by atoms with E-state index in [1.54, 1.807) is 0 Å². The summed E-state index contributed by atoms with van der Waals surface area (Å²) in [5.74, 6) is 0. The zero-order valence-corrected chi connectivity index (χ0v) is 11.9. The standard InChI is InChI=1S/C10H25NOSi/c1-5-7-11(8-6-2)9-10(3,4)12-13/h5-9H2,1-4,13H3. The summed E-state index contributed by atoms with van der Waals surface area (Å²) in [6.07, 6.45) is 2.47. The summed E-state index contributed by atoms with van der Waals surface area (Å²) in [7, 11) is 0.834. The first-order valence-electron chi connectivity index (χ1n) is 5.33. The first kappa shape index (κ1) is 13.1. The molecule has 0 spiro atoms. The van der Waals surface area contributed by atoms with Gasteiger partial charge in [-0.25, -0.2) is 0 Å². The Kier molecular flexibility index (Phi) is 6.64. The minimum Gasteiger partial charge on any atom is -0.422 e. The topological polar surface area (TPSA) is 12.5 Å². The zero-order chi connectivity index (χ0) is 10.3. The fourth-order valence-electron chi connectivity index (χ4n) is 1.51. The number of rotatable bonds is 7. The normalized spacial score (nSPS) is 12.7. The van der Waals surface area contributed by atoms with Gasteiger partial charge in [0.1, 0.15) is 10.5 Å². The maximum absolute atomic E-state index is 5.56. The average Bonchev–Trinajstić information content (AvgIpc) is 2.05. The molecule has 0 aromatic carbocycles. The Balaban J connectivity index is 3.92. The van der Waals surface area contributed by atoms with Crippen molar-refractivity contribution in [2.75, 3.05) is 19.6 Å². The predicted molar refractivity (Wildman–Crippen MR) is 62.1 cm³/mol. The maximum Gasteiger partial charge on any atom is 0.146 e. The Bertz CT molecular complexity index is 122. The van der Waals surface area contributed by atoms with E-state index in [0.29, 0.717) is 0 Å². The predicted octanol–water partition coefficient (Wildman–Crippen LogP) is 1.18. The van der Waals surface area contributed by atoms with Crippen LogP contribution >= 0.6 is 0 Å². The van der Waals surface area contributed by atoms with Gasteiger partial charge in [0.05, 0.1) is 5.60 Å². The van der Waals surface area contributed by atoms with Gasteiger partial charge in [-0.1, -0.05) is 13.8 Å². The highest BCUT2D eigenvalue weighted by molar-refractivity contribution is 5.98. The van der Waals surface area contributed by atoms with Crippen molar-refractivity contribution in [3.8, 4) is 0 Å². The molecule has 0 atom stereocenters. The van der Waals surface area contributed by atoms with Crippen LogP contribution in [0.5, 0.6) is 0 Å². The third-order valence-electron chi connectivity index (χ3n) is 2.24. The number of hydrogen-bond acceptors (Lipinski definition) is 2. The van der Waals surface area contributed by atoms with Crippen molar-refractivity contribution in [2.45, 2.75) is 46.1 Å². The van der Waals surface area contributed by atoms with Crippen LogP contribution in [-0.2, 0) is 4.43 Å². The van der Waals surface area contributed by atoms with E-state index in [4.69, 9.17) is 4.43 Å². The summed E-state index contributed by atoms with van der Waals surface area (Å²) < 4.78 is 5.56. The van der Waals surface area contributed by atoms with E-state index in [1.807, 2.05) is 0 Å². The van der Waals surface area contributed by atoms with Crippen molar-refractivity contribution in [3.05, 3.63) is 0 Å². The van der Waals surface area contributed by atoms with Crippen LogP contribution in [0.2, 0.25) is 0 Å². The summed E-state index contributed by atoms with van der Waals surface area (Å²) in [5, 5.41) is 0. The molecule has 0 amide bonds. The Hall–Kier alpha value is 0.137. The van der Waals surface area contributed by atoms with Gasteiger partial charge in [-0.2, -0.15) is 0 Å². The molecule has 0 aliphatic carbocycles. The summed E-state index contributed by atoms with van der Waals surface area (Å²) in [5.41, 5.74) is 0.0521. The molecule has 0 saturated heterocycles. The van der Waals surface area contributed by atoms with Crippen LogP contribution in [0.4, 0.5) is 0 Å². The van der Waals surface area contributed by atoms with E-state index in [9.17, 15) is 0 Å². The largest absolute Gasteiger partial charge is 0.422 e. The lowest BCUT2D eigenvalue weighted by atomic mass is 10.1. The summed E-state index contributed by atoms with van der Waals surface area (Å²) in [6, 6.07) is 0. The quantitative estimate of drug-likeness (QED) is 0.576. The molecule has 0 aliphatic rings. The van der Waals surface area contributed by atoms with Crippen molar-refractivity contribution in [1.82, 2.24) is 4.90 Å². The van der Waals surface area contributed by atoms with Gasteiger partial charge in [0, 0.05) is 6.54 Å². The average molecular weight is 203 g/mol. The second-order valence-electron chi connectivity index (χ2n) is 4.24. The van der Waals surface area contributed by atoms with Crippen LogP contribution in [0.1, 0.15) is 40.5 Å². The third kappa shape index (κ3) is 6.24. The molecule has 0 rings (SSSR count). The molecule has 0 aliphatic heterocycles. The lowest BCUT2D eigenvalue weighted by Gasteiger charge is -2.31. The van der Waals surface area contributed by atoms with Gasteiger partial charge >= 0.3 is 0 Å². The van der Waals surface area contributed by atoms with Gasteiger partial charge in [0.25, 0.3) is 0 Å². The molecular formula is C10H25NOSi. The van der Waals surface area contributed by atoms with Gasteiger partial charge in [-0.15, -0.1) is 0 Å². The smallest absolute Gasteiger partial charge is 0.146 e. The number of hydrogen-bond donors (Lipinski definition) is 0. The van der Waals surface area contributed by atoms with Crippen molar-refractivity contribution in [2.24, 2.45) is 0 Å². The van der Waals surface area contributed by atoms with Crippen molar-refractivity contribution >= 4 is 10.5 Å². The first-order chi connectivity index (χ1) is 6.05. The second-order valence-corrected chi connectivity index (χ2v) is 4.65. The molecule has 0 saturated carbocycles. The van der Waals surface area contributed by atoms with Crippen molar-refractivity contribution < 1.29 is 4.43 Å². The summed E-state index contributed by atoms with van der Waals surface area (Å²) in [4.78, 5) is 2.50. The molecule has 0 heterocycles. The Morgan fingerprint density at radius 1 is 1.15 bits per heavy atom. The highest BCUT2D eigenvalue weighted by atomic mass is 28.2. The molecule has 13 heavy (non-hydrogen) atoms. The SMILES string of the molecule is CCCN(CCC)CC(C)(C)O[SiH3]. The van der Waals surface area contributed by atoms with Gasteiger partial charge in [0.2, 0.25) is 0 Å². The molecule has 0 fully saturated rings. The van der Waals surface area contributed by atoms with E-state index < -0.39 is 0 Å². The van der Waals surface area contributed by atoms with Gasteiger partial charge < -0.3 is 9.33 Å². The molecule has 2 nitrogen and oxygen atoms in total. The van der Waals surface area contributed by atoms with Crippen LogP contribution in [0.25, 0.3) is 0 Å². The highest BCUT2D eigenvalue weighted by Gasteiger charge is 2.19.